The van der Waals surface area contributed by atoms with E-state index >= 15 is 0 Å². The summed E-state index contributed by atoms with van der Waals surface area (Å²) in [5.41, 5.74) is 0.820. The van der Waals surface area contributed by atoms with E-state index in [0.29, 0.717) is 5.92 Å². The van der Waals surface area contributed by atoms with Gasteiger partial charge in [0.15, 0.2) is 17.4 Å². The lowest BCUT2D eigenvalue weighted by Gasteiger charge is -2.45. The molecule has 4 atom stereocenters. The van der Waals surface area contributed by atoms with E-state index in [1.54, 1.807) is 0 Å². The third kappa shape index (κ3) is 5.68. The van der Waals surface area contributed by atoms with Gasteiger partial charge in [-0.3, -0.25) is 0 Å². The molecule has 0 amide bonds. The highest BCUT2D eigenvalue weighted by Gasteiger charge is 2.38. The molecular weight excluding hydrogens is 402 g/mol. The molecule has 4 rings (SSSR count). The number of benzene rings is 1. The zero-order valence-electron chi connectivity index (χ0n) is 20.4. The quantitative estimate of drug-likeness (QED) is 0.362. The molecule has 180 valence electrons. The number of unbranched alkanes of at least 4 members (excludes halogenated alkanes) is 3. The van der Waals surface area contributed by atoms with Gasteiger partial charge in [-0.2, -0.15) is 0 Å². The number of hydrogen-bond acceptors (Lipinski definition) is 1. The second-order valence-corrected chi connectivity index (χ2v) is 11.3. The van der Waals surface area contributed by atoms with Crippen LogP contribution in [0.25, 0.3) is 0 Å². The molecule has 1 aromatic rings. The minimum absolute atomic E-state index is 0.255. The first-order valence-electron chi connectivity index (χ1n) is 13.6. The second-order valence-electron chi connectivity index (χ2n) is 11.3. The van der Waals surface area contributed by atoms with Gasteiger partial charge in [0.25, 0.3) is 0 Å². The summed E-state index contributed by atoms with van der Waals surface area (Å²) in [5.74, 6) is 3.60. The predicted molar refractivity (Wildman–Crippen MR) is 128 cm³/mol. The normalized spacial score (nSPS) is 33.0. The molecule has 3 saturated carbocycles. The number of halogens is 2. The number of fused-ring (bicyclic) bond motifs is 1. The molecule has 3 heteroatoms. The maximum atomic E-state index is 14.2. The largest absolute Gasteiger partial charge is 0.491 e. The Bertz CT molecular complexity index is 701. The van der Waals surface area contributed by atoms with Crippen LogP contribution < -0.4 is 4.74 Å². The topological polar surface area (TPSA) is 9.23 Å². The molecule has 0 aliphatic heterocycles. The fourth-order valence-electron chi connectivity index (χ4n) is 7.51. The first-order valence-corrected chi connectivity index (χ1v) is 13.6. The summed E-state index contributed by atoms with van der Waals surface area (Å²) >= 11 is 0. The van der Waals surface area contributed by atoms with Gasteiger partial charge in [-0.15, -0.1) is 0 Å². The van der Waals surface area contributed by atoms with Gasteiger partial charge in [-0.1, -0.05) is 45.4 Å². The molecule has 32 heavy (non-hydrogen) atoms. The first kappa shape index (κ1) is 24.0. The standard InChI is InChI=1S/C29H44F2O/c1-3-4-5-6-7-20-8-9-25-17-24(15-14-23(25)16-20)21-10-12-22(13-11-21)26-18-27(30)29(32-2)28(31)19-26/h18-25H,3-17H2,1-2H3. The summed E-state index contributed by atoms with van der Waals surface area (Å²) in [5, 5.41) is 0. The molecule has 0 saturated heterocycles. The van der Waals surface area contributed by atoms with Crippen LogP contribution in [0.5, 0.6) is 5.75 Å². The Kier molecular flexibility index (Phi) is 8.51. The Labute approximate surface area is 194 Å². The molecule has 0 radical (unpaired) electrons. The minimum Gasteiger partial charge on any atom is -0.491 e. The summed E-state index contributed by atoms with van der Waals surface area (Å²) in [6.45, 7) is 2.30. The van der Waals surface area contributed by atoms with Gasteiger partial charge in [0.1, 0.15) is 0 Å². The Morgan fingerprint density at radius 3 is 2.00 bits per heavy atom. The molecule has 0 spiro atoms. The zero-order chi connectivity index (χ0) is 22.5. The van der Waals surface area contributed by atoms with Crippen LogP contribution in [-0.2, 0) is 0 Å². The molecule has 0 heterocycles. The van der Waals surface area contributed by atoms with Crippen molar-refractivity contribution in [3.05, 3.63) is 29.3 Å². The number of ether oxygens (including phenoxy) is 1. The summed E-state index contributed by atoms with van der Waals surface area (Å²) < 4.78 is 33.2. The van der Waals surface area contributed by atoms with E-state index in [1.165, 1.54) is 103 Å². The monoisotopic (exact) mass is 446 g/mol. The summed E-state index contributed by atoms with van der Waals surface area (Å²) in [4.78, 5) is 0. The minimum atomic E-state index is -0.566. The van der Waals surface area contributed by atoms with Crippen molar-refractivity contribution in [1.82, 2.24) is 0 Å². The molecule has 4 unspecified atom stereocenters. The fourth-order valence-corrected chi connectivity index (χ4v) is 7.51. The average molecular weight is 447 g/mol. The molecule has 3 aliphatic carbocycles. The van der Waals surface area contributed by atoms with Crippen molar-refractivity contribution in [2.75, 3.05) is 7.11 Å². The Hall–Kier alpha value is -1.12. The van der Waals surface area contributed by atoms with Crippen molar-refractivity contribution in [2.45, 2.75) is 109 Å². The highest BCUT2D eigenvalue weighted by Crippen LogP contribution is 2.50. The van der Waals surface area contributed by atoms with Crippen LogP contribution in [-0.4, -0.2) is 7.11 Å². The van der Waals surface area contributed by atoms with Gasteiger partial charge in [0.2, 0.25) is 0 Å². The van der Waals surface area contributed by atoms with E-state index in [0.717, 1.165) is 48.0 Å². The SMILES string of the molecule is CCCCCCC1CCC2CC(C3CCC(c4cc(F)c(OC)c(F)c4)CC3)CCC2C1. The average Bonchev–Trinajstić information content (AvgIpc) is 2.81. The number of hydrogen-bond donors (Lipinski definition) is 0. The van der Waals surface area contributed by atoms with Crippen LogP contribution in [0, 0.1) is 41.2 Å². The molecular formula is C29H44F2O. The number of methoxy groups -OCH3 is 1. The van der Waals surface area contributed by atoms with Crippen molar-refractivity contribution in [3.63, 3.8) is 0 Å². The van der Waals surface area contributed by atoms with E-state index in [4.69, 9.17) is 4.74 Å². The fraction of sp³-hybridized carbons (Fsp3) is 0.793. The van der Waals surface area contributed by atoms with Crippen LogP contribution >= 0.6 is 0 Å². The highest BCUT2D eigenvalue weighted by molar-refractivity contribution is 5.33. The molecule has 1 aromatic carbocycles. The molecule has 3 fully saturated rings. The lowest BCUT2D eigenvalue weighted by atomic mass is 9.60. The van der Waals surface area contributed by atoms with Crippen molar-refractivity contribution < 1.29 is 13.5 Å². The van der Waals surface area contributed by atoms with Gasteiger partial charge in [0, 0.05) is 0 Å². The Morgan fingerprint density at radius 2 is 1.34 bits per heavy atom. The first-order chi connectivity index (χ1) is 15.6. The van der Waals surface area contributed by atoms with Crippen LogP contribution in [0.2, 0.25) is 0 Å². The van der Waals surface area contributed by atoms with E-state index in [-0.39, 0.29) is 5.75 Å². The maximum absolute atomic E-state index is 14.2. The lowest BCUT2D eigenvalue weighted by Crippen LogP contribution is -2.34. The predicted octanol–water partition coefficient (Wildman–Crippen LogP) is 9.05. The van der Waals surface area contributed by atoms with Crippen LogP contribution in [0.4, 0.5) is 8.78 Å². The third-order valence-corrected chi connectivity index (χ3v) is 9.36. The van der Waals surface area contributed by atoms with E-state index in [2.05, 4.69) is 6.92 Å². The van der Waals surface area contributed by atoms with Crippen molar-refractivity contribution >= 4 is 0 Å². The summed E-state index contributed by atoms with van der Waals surface area (Å²) in [7, 11) is 1.32. The lowest BCUT2D eigenvalue weighted by molar-refractivity contribution is 0.0613. The van der Waals surface area contributed by atoms with Gasteiger partial charge in [-0.25, -0.2) is 8.78 Å². The van der Waals surface area contributed by atoms with Crippen LogP contribution in [0.3, 0.4) is 0 Å². The highest BCUT2D eigenvalue weighted by atomic mass is 19.1. The van der Waals surface area contributed by atoms with Crippen LogP contribution in [0.15, 0.2) is 12.1 Å². The molecule has 1 nitrogen and oxygen atoms in total. The molecule has 0 bridgehead atoms. The van der Waals surface area contributed by atoms with Crippen molar-refractivity contribution in [2.24, 2.45) is 29.6 Å². The van der Waals surface area contributed by atoms with Gasteiger partial charge in [-0.05, 0) is 111 Å². The van der Waals surface area contributed by atoms with Crippen LogP contribution in [0.1, 0.15) is 115 Å². The van der Waals surface area contributed by atoms with Gasteiger partial charge in [0.05, 0.1) is 7.11 Å². The molecule has 0 N–H and O–H groups in total. The molecule has 0 aromatic heterocycles. The number of rotatable bonds is 8. The van der Waals surface area contributed by atoms with E-state index in [9.17, 15) is 8.78 Å². The zero-order valence-corrected chi connectivity index (χ0v) is 20.4. The Balaban J connectivity index is 1.24. The maximum Gasteiger partial charge on any atom is 0.190 e. The van der Waals surface area contributed by atoms with Gasteiger partial charge >= 0.3 is 0 Å². The van der Waals surface area contributed by atoms with E-state index in [1.807, 2.05) is 0 Å². The summed E-state index contributed by atoms with van der Waals surface area (Å²) in [6, 6.07) is 3.00. The molecule has 3 aliphatic rings. The van der Waals surface area contributed by atoms with Crippen molar-refractivity contribution in [3.8, 4) is 5.75 Å². The Morgan fingerprint density at radius 1 is 0.750 bits per heavy atom. The smallest absolute Gasteiger partial charge is 0.190 e. The second kappa shape index (κ2) is 11.3. The third-order valence-electron chi connectivity index (χ3n) is 9.36. The van der Waals surface area contributed by atoms with E-state index < -0.39 is 11.6 Å². The van der Waals surface area contributed by atoms with Gasteiger partial charge < -0.3 is 4.74 Å². The summed E-state index contributed by atoms with van der Waals surface area (Å²) in [6.07, 6.45) is 20.5. The van der Waals surface area contributed by atoms with Crippen molar-refractivity contribution in [1.29, 1.82) is 0 Å².